The Bertz CT molecular complexity index is 1360. The van der Waals surface area contributed by atoms with Gasteiger partial charge < -0.3 is 49.6 Å². The fourth-order valence-corrected chi connectivity index (χ4v) is 12.1. The van der Waals surface area contributed by atoms with Crippen LogP contribution in [0.2, 0.25) is 0 Å². The van der Waals surface area contributed by atoms with E-state index >= 15 is 0 Å². The predicted octanol–water partition coefficient (Wildman–Crippen LogP) is 3.41. The first-order valence-electron chi connectivity index (χ1n) is 19.4. The molecular weight excluding hydrogens is 672 g/mol. The molecule has 0 spiro atoms. The molecule has 0 aromatic heterocycles. The molecule has 5 aliphatic rings. The Morgan fingerprint density at radius 2 is 1.60 bits per heavy atom. The maximum absolute atomic E-state index is 12.2. The highest BCUT2D eigenvalue weighted by atomic mass is 16.7. The molecule has 0 aromatic carbocycles. The van der Waals surface area contributed by atoms with Crippen LogP contribution in [-0.2, 0) is 28.5 Å². The van der Waals surface area contributed by atoms with E-state index in [1.165, 1.54) is 33.3 Å². The molecule has 0 amide bonds. The van der Waals surface area contributed by atoms with E-state index in [0.717, 1.165) is 32.1 Å². The van der Waals surface area contributed by atoms with Gasteiger partial charge in [-0.3, -0.25) is 9.59 Å². The van der Waals surface area contributed by atoms with Gasteiger partial charge in [0.1, 0.15) is 43.2 Å². The molecule has 5 rings (SSSR count). The van der Waals surface area contributed by atoms with Gasteiger partial charge in [-0.05, 0) is 93.3 Å². The molecule has 0 aromatic rings. The third-order valence-electron chi connectivity index (χ3n) is 14.8. The summed E-state index contributed by atoms with van der Waals surface area (Å²) in [4.78, 5) is 23.9. The lowest BCUT2D eigenvalue weighted by molar-refractivity contribution is -0.334. The van der Waals surface area contributed by atoms with Crippen LogP contribution in [0.15, 0.2) is 11.6 Å². The van der Waals surface area contributed by atoms with Crippen molar-refractivity contribution < 1.29 is 59.2 Å². The molecule has 4 fully saturated rings. The number of allylic oxidation sites excluding steroid dienone is 1. The molecule has 12 heteroatoms. The van der Waals surface area contributed by atoms with E-state index < -0.39 is 71.4 Å². The molecule has 1 heterocycles. The third-order valence-corrected chi connectivity index (χ3v) is 14.8. The fraction of sp³-hybridized carbons (Fsp3) is 0.900. The van der Waals surface area contributed by atoms with Gasteiger partial charge in [0.15, 0.2) is 6.29 Å². The van der Waals surface area contributed by atoms with Crippen LogP contribution in [0, 0.1) is 45.3 Å². The summed E-state index contributed by atoms with van der Waals surface area (Å²) in [6, 6.07) is 0. The largest absolute Gasteiger partial charge is 0.463 e. The SMILES string of the molecule is CC(=O)OCC1OC(O[C@@H]2C[C@H]3C(C)(C)[C@H](OC(C)=O)CC[C@]3(C)[C@H]3CC[C@]4(C)C(=CC[C@H]4[C@@H](C)C[C@@H](O)[C@H](O)C(C)(C)O)[C@@]32C)C(O)C(O)C1O. The van der Waals surface area contributed by atoms with E-state index in [-0.39, 0.29) is 53.2 Å². The number of carbonyl (C=O) groups is 2. The van der Waals surface area contributed by atoms with E-state index in [1.807, 2.05) is 0 Å². The van der Waals surface area contributed by atoms with Crippen molar-refractivity contribution in [1.29, 1.82) is 0 Å². The fourth-order valence-electron chi connectivity index (χ4n) is 12.1. The van der Waals surface area contributed by atoms with E-state index in [9.17, 15) is 40.2 Å². The van der Waals surface area contributed by atoms with E-state index in [2.05, 4.69) is 47.6 Å². The number of rotatable bonds is 10. The summed E-state index contributed by atoms with van der Waals surface area (Å²) < 4.78 is 24.1. The van der Waals surface area contributed by atoms with Crippen LogP contribution < -0.4 is 0 Å². The van der Waals surface area contributed by atoms with Crippen LogP contribution in [0.5, 0.6) is 0 Å². The molecule has 0 radical (unpaired) electrons. The van der Waals surface area contributed by atoms with Gasteiger partial charge in [0.05, 0.1) is 17.8 Å². The first kappa shape index (κ1) is 41.5. The second kappa shape index (κ2) is 14.5. The minimum atomic E-state index is -1.60. The van der Waals surface area contributed by atoms with Gasteiger partial charge in [-0.2, -0.15) is 0 Å². The molecule has 1 aliphatic heterocycles. The summed E-state index contributed by atoms with van der Waals surface area (Å²) in [5, 5.41) is 65.0. The van der Waals surface area contributed by atoms with E-state index in [0.29, 0.717) is 12.8 Å². The van der Waals surface area contributed by atoms with Crippen molar-refractivity contribution in [3.63, 3.8) is 0 Å². The first-order valence-corrected chi connectivity index (χ1v) is 19.4. The molecule has 6 N–H and O–H groups in total. The van der Waals surface area contributed by atoms with Gasteiger partial charge in [0.2, 0.25) is 0 Å². The smallest absolute Gasteiger partial charge is 0.302 e. The zero-order chi connectivity index (χ0) is 38.9. The molecule has 298 valence electrons. The summed E-state index contributed by atoms with van der Waals surface area (Å²) in [6.07, 6.45) is -2.96. The summed E-state index contributed by atoms with van der Waals surface area (Å²) >= 11 is 0. The lowest BCUT2D eigenvalue weighted by Crippen LogP contribution is -2.67. The molecular formula is C40H66O12. The van der Waals surface area contributed by atoms with Crippen LogP contribution in [0.25, 0.3) is 0 Å². The Morgan fingerprint density at radius 3 is 2.19 bits per heavy atom. The van der Waals surface area contributed by atoms with Gasteiger partial charge in [-0.15, -0.1) is 0 Å². The highest BCUT2D eigenvalue weighted by Crippen LogP contribution is 2.74. The second-order valence-electron chi connectivity index (χ2n) is 18.8. The Balaban J connectivity index is 1.53. The normalized spacial score (nSPS) is 44.7. The van der Waals surface area contributed by atoms with Crippen LogP contribution in [-0.4, -0.2) is 110 Å². The van der Waals surface area contributed by atoms with Crippen molar-refractivity contribution >= 4 is 11.9 Å². The van der Waals surface area contributed by atoms with Gasteiger partial charge in [-0.25, -0.2) is 0 Å². The topological polar surface area (TPSA) is 192 Å². The Labute approximate surface area is 309 Å². The zero-order valence-electron chi connectivity index (χ0n) is 32.9. The summed E-state index contributed by atoms with van der Waals surface area (Å²) in [6.45, 7) is 18.7. The summed E-state index contributed by atoms with van der Waals surface area (Å²) in [5.74, 6) is -0.548. The Morgan fingerprint density at radius 1 is 0.942 bits per heavy atom. The standard InChI is InChI=1S/C40H66O12/c1-20(17-24(43)34(47)37(6,7)48)23-11-12-26-38(23,8)15-13-27-39(9)16-14-29(50-22(3)42)36(4,5)28(39)18-30(40(26,27)10)52-35-33(46)32(45)31(44)25(51-35)19-49-21(2)41/h12,20,23-25,27-35,43-48H,11,13-19H2,1-10H3/t20-,23-,24+,25?,27+,28-,29+,30+,31?,32?,33?,34-,35?,38-,39+,40-/m0/s1. The Kier molecular flexibility index (Phi) is 11.5. The molecule has 4 aliphatic carbocycles. The first-order chi connectivity index (χ1) is 23.9. The molecule has 52 heavy (non-hydrogen) atoms. The van der Waals surface area contributed by atoms with Crippen LogP contribution >= 0.6 is 0 Å². The monoisotopic (exact) mass is 738 g/mol. The average Bonchev–Trinajstić information content (AvgIpc) is 3.40. The molecule has 1 saturated heterocycles. The van der Waals surface area contributed by atoms with Crippen molar-refractivity contribution in [3.05, 3.63) is 11.6 Å². The van der Waals surface area contributed by atoms with Crippen molar-refractivity contribution in [1.82, 2.24) is 0 Å². The van der Waals surface area contributed by atoms with Gasteiger partial charge in [0.25, 0.3) is 0 Å². The molecule has 12 nitrogen and oxygen atoms in total. The number of fused-ring (bicyclic) bond motifs is 5. The molecule has 0 bridgehead atoms. The summed E-state index contributed by atoms with van der Waals surface area (Å²) in [5.41, 5.74) is -1.59. The lowest BCUT2D eigenvalue weighted by atomic mass is 9.37. The van der Waals surface area contributed by atoms with Crippen molar-refractivity contribution in [3.8, 4) is 0 Å². The minimum absolute atomic E-state index is 0.0115. The van der Waals surface area contributed by atoms with Gasteiger partial charge in [-0.1, -0.05) is 53.2 Å². The van der Waals surface area contributed by atoms with Crippen LogP contribution in [0.3, 0.4) is 0 Å². The quantitative estimate of drug-likeness (QED) is 0.109. The Hall–Kier alpha value is -1.64. The molecule has 3 saturated carbocycles. The maximum Gasteiger partial charge on any atom is 0.302 e. The number of hydrogen-bond acceptors (Lipinski definition) is 12. The van der Waals surface area contributed by atoms with Gasteiger partial charge >= 0.3 is 11.9 Å². The highest BCUT2D eigenvalue weighted by Gasteiger charge is 2.69. The highest BCUT2D eigenvalue weighted by molar-refractivity contribution is 5.66. The zero-order valence-corrected chi connectivity index (χ0v) is 32.9. The predicted molar refractivity (Wildman–Crippen MR) is 190 cm³/mol. The van der Waals surface area contributed by atoms with Crippen LogP contribution in [0.4, 0.5) is 0 Å². The lowest BCUT2D eigenvalue weighted by Gasteiger charge is -2.69. The van der Waals surface area contributed by atoms with Gasteiger partial charge in [0, 0.05) is 24.7 Å². The number of aliphatic hydroxyl groups excluding tert-OH is 5. The second-order valence-corrected chi connectivity index (χ2v) is 18.8. The van der Waals surface area contributed by atoms with Crippen molar-refractivity contribution in [2.75, 3.05) is 6.61 Å². The van der Waals surface area contributed by atoms with E-state index in [4.69, 9.17) is 18.9 Å². The molecule has 5 unspecified atom stereocenters. The number of esters is 2. The van der Waals surface area contributed by atoms with Crippen molar-refractivity contribution in [2.45, 2.75) is 175 Å². The van der Waals surface area contributed by atoms with Crippen LogP contribution in [0.1, 0.15) is 114 Å². The molecule has 16 atom stereocenters. The van der Waals surface area contributed by atoms with E-state index in [1.54, 1.807) is 0 Å². The number of aliphatic hydroxyl groups is 6. The number of hydrogen-bond donors (Lipinski definition) is 6. The maximum atomic E-state index is 12.2. The number of carbonyl (C=O) groups excluding carboxylic acids is 2. The number of ether oxygens (including phenoxy) is 4. The third kappa shape index (κ3) is 7.01. The minimum Gasteiger partial charge on any atom is -0.463 e. The average molecular weight is 739 g/mol. The van der Waals surface area contributed by atoms with Crippen molar-refractivity contribution in [2.24, 2.45) is 45.3 Å². The summed E-state index contributed by atoms with van der Waals surface area (Å²) in [7, 11) is 0.